The summed E-state index contributed by atoms with van der Waals surface area (Å²) in [6.45, 7) is 5.74. The van der Waals surface area contributed by atoms with Gasteiger partial charge in [-0.15, -0.1) is 12.4 Å². The number of carbonyl (C=O) groups excluding carboxylic acids is 1. The minimum Gasteiger partial charge on any atom is -0.361 e. The Bertz CT molecular complexity index is 455. The minimum atomic E-state index is 0. The van der Waals surface area contributed by atoms with Crippen molar-refractivity contribution in [1.82, 2.24) is 15.4 Å². The van der Waals surface area contributed by atoms with Crippen molar-refractivity contribution in [3.05, 3.63) is 17.0 Å². The SMILES string of the molecule is Cc1noc(C)c1CC(=O)N1C2CCNCC1CC2.Cl. The number of aromatic nitrogens is 1. The second-order valence-corrected chi connectivity index (χ2v) is 5.66. The Hall–Kier alpha value is -1.07. The molecular formula is C14H22ClN3O2. The summed E-state index contributed by atoms with van der Waals surface area (Å²) in [6, 6.07) is 0.799. The topological polar surface area (TPSA) is 58.4 Å². The highest BCUT2D eigenvalue weighted by molar-refractivity contribution is 5.85. The third-order valence-corrected chi connectivity index (χ3v) is 4.45. The molecule has 2 aliphatic heterocycles. The van der Waals surface area contributed by atoms with E-state index in [9.17, 15) is 4.79 Å². The van der Waals surface area contributed by atoms with Crippen molar-refractivity contribution in [3.8, 4) is 0 Å². The van der Waals surface area contributed by atoms with Gasteiger partial charge in [-0.25, -0.2) is 0 Å². The second-order valence-electron chi connectivity index (χ2n) is 5.66. The van der Waals surface area contributed by atoms with Gasteiger partial charge >= 0.3 is 0 Å². The van der Waals surface area contributed by atoms with Crippen LogP contribution in [-0.2, 0) is 11.2 Å². The fraction of sp³-hybridized carbons (Fsp3) is 0.714. The van der Waals surface area contributed by atoms with Crippen LogP contribution in [0.25, 0.3) is 0 Å². The zero-order valence-corrected chi connectivity index (χ0v) is 12.8. The van der Waals surface area contributed by atoms with E-state index in [2.05, 4.69) is 15.4 Å². The smallest absolute Gasteiger partial charge is 0.227 e. The van der Waals surface area contributed by atoms with Crippen LogP contribution in [0.5, 0.6) is 0 Å². The van der Waals surface area contributed by atoms with E-state index in [4.69, 9.17) is 4.52 Å². The molecule has 0 radical (unpaired) electrons. The monoisotopic (exact) mass is 299 g/mol. The van der Waals surface area contributed by atoms with Crippen LogP contribution in [0.3, 0.4) is 0 Å². The normalized spacial score (nSPS) is 25.2. The lowest BCUT2D eigenvalue weighted by Crippen LogP contribution is -2.43. The number of nitrogens with zero attached hydrogens (tertiary/aromatic N) is 2. The Kier molecular flexibility index (Phi) is 4.70. The molecule has 1 aromatic heterocycles. The molecule has 1 aromatic rings. The summed E-state index contributed by atoms with van der Waals surface area (Å²) in [5, 5.41) is 7.35. The van der Waals surface area contributed by atoms with Crippen molar-refractivity contribution < 1.29 is 9.32 Å². The van der Waals surface area contributed by atoms with Gasteiger partial charge in [-0.3, -0.25) is 4.79 Å². The van der Waals surface area contributed by atoms with Crippen LogP contribution < -0.4 is 5.32 Å². The summed E-state index contributed by atoms with van der Waals surface area (Å²) < 4.78 is 5.14. The number of nitrogens with one attached hydrogen (secondary N) is 1. The molecule has 3 heterocycles. The van der Waals surface area contributed by atoms with Gasteiger partial charge in [0, 0.05) is 24.2 Å². The molecular weight excluding hydrogens is 278 g/mol. The first-order chi connectivity index (χ1) is 9.16. The third kappa shape index (κ3) is 2.69. The van der Waals surface area contributed by atoms with Crippen LogP contribution in [-0.4, -0.2) is 41.1 Å². The number of fused-ring (bicyclic) bond motifs is 2. The van der Waals surface area contributed by atoms with Gasteiger partial charge in [0.25, 0.3) is 0 Å². The number of aryl methyl sites for hydroxylation is 2. The largest absolute Gasteiger partial charge is 0.361 e. The van der Waals surface area contributed by atoms with Crippen LogP contribution in [0.15, 0.2) is 4.52 Å². The van der Waals surface area contributed by atoms with E-state index in [1.165, 1.54) is 0 Å². The van der Waals surface area contributed by atoms with Gasteiger partial charge < -0.3 is 14.7 Å². The number of rotatable bonds is 2. The molecule has 2 unspecified atom stereocenters. The van der Waals surface area contributed by atoms with E-state index >= 15 is 0 Å². The van der Waals surface area contributed by atoms with Crippen LogP contribution in [0.1, 0.15) is 36.3 Å². The molecule has 2 bridgehead atoms. The highest BCUT2D eigenvalue weighted by Crippen LogP contribution is 2.29. The van der Waals surface area contributed by atoms with Crippen molar-refractivity contribution in [3.63, 3.8) is 0 Å². The van der Waals surface area contributed by atoms with Gasteiger partial charge in [0.2, 0.25) is 5.91 Å². The summed E-state index contributed by atoms with van der Waals surface area (Å²) in [6.07, 6.45) is 3.78. The molecule has 5 nitrogen and oxygen atoms in total. The number of amides is 1. The van der Waals surface area contributed by atoms with E-state index in [0.717, 1.165) is 49.4 Å². The van der Waals surface area contributed by atoms with Crippen molar-refractivity contribution in [1.29, 1.82) is 0 Å². The zero-order valence-electron chi connectivity index (χ0n) is 12.0. The van der Waals surface area contributed by atoms with Crippen LogP contribution in [0.2, 0.25) is 0 Å². The van der Waals surface area contributed by atoms with Gasteiger partial charge in [-0.2, -0.15) is 0 Å². The Labute approximate surface area is 125 Å². The maximum Gasteiger partial charge on any atom is 0.227 e. The average molecular weight is 300 g/mol. The fourth-order valence-electron chi connectivity index (χ4n) is 3.39. The molecule has 6 heteroatoms. The lowest BCUT2D eigenvalue weighted by Gasteiger charge is -2.28. The highest BCUT2D eigenvalue weighted by atomic mass is 35.5. The molecule has 0 aliphatic carbocycles. The van der Waals surface area contributed by atoms with Gasteiger partial charge in [-0.1, -0.05) is 5.16 Å². The average Bonchev–Trinajstić information content (AvgIpc) is 2.81. The van der Waals surface area contributed by atoms with Crippen molar-refractivity contribution in [2.45, 2.75) is 51.6 Å². The van der Waals surface area contributed by atoms with Crippen molar-refractivity contribution >= 4 is 18.3 Å². The maximum absolute atomic E-state index is 12.6. The first-order valence-electron chi connectivity index (χ1n) is 7.10. The molecule has 0 spiro atoms. The molecule has 20 heavy (non-hydrogen) atoms. The predicted molar refractivity (Wildman–Crippen MR) is 78.1 cm³/mol. The lowest BCUT2D eigenvalue weighted by molar-refractivity contribution is -0.133. The Morgan fingerprint density at radius 3 is 2.80 bits per heavy atom. The van der Waals surface area contributed by atoms with Crippen LogP contribution >= 0.6 is 12.4 Å². The summed E-state index contributed by atoms with van der Waals surface area (Å²) in [5.41, 5.74) is 1.80. The maximum atomic E-state index is 12.6. The van der Waals surface area contributed by atoms with Gasteiger partial charge in [-0.05, 0) is 39.7 Å². The Morgan fingerprint density at radius 1 is 1.35 bits per heavy atom. The summed E-state index contributed by atoms with van der Waals surface area (Å²) in [5.74, 6) is 0.997. The molecule has 2 fully saturated rings. The Balaban J connectivity index is 0.00000147. The van der Waals surface area contributed by atoms with E-state index in [-0.39, 0.29) is 18.3 Å². The number of hydrogen-bond donors (Lipinski definition) is 1. The molecule has 2 aliphatic rings. The quantitative estimate of drug-likeness (QED) is 0.901. The van der Waals surface area contributed by atoms with Gasteiger partial charge in [0.15, 0.2) is 0 Å². The van der Waals surface area contributed by atoms with Crippen molar-refractivity contribution in [2.75, 3.05) is 13.1 Å². The second kappa shape index (κ2) is 6.14. The minimum absolute atomic E-state index is 0. The molecule has 112 valence electrons. The summed E-state index contributed by atoms with van der Waals surface area (Å²) in [7, 11) is 0. The van der Waals surface area contributed by atoms with Crippen LogP contribution in [0.4, 0.5) is 0 Å². The molecule has 2 atom stereocenters. The molecule has 1 amide bonds. The van der Waals surface area contributed by atoms with E-state index in [1.54, 1.807) is 0 Å². The van der Waals surface area contributed by atoms with E-state index in [1.807, 2.05) is 13.8 Å². The predicted octanol–water partition coefficient (Wildman–Crippen LogP) is 1.61. The summed E-state index contributed by atoms with van der Waals surface area (Å²) >= 11 is 0. The fourth-order valence-corrected chi connectivity index (χ4v) is 3.39. The Morgan fingerprint density at radius 2 is 2.10 bits per heavy atom. The highest BCUT2D eigenvalue weighted by Gasteiger charge is 2.38. The van der Waals surface area contributed by atoms with E-state index in [0.29, 0.717) is 18.5 Å². The number of halogens is 1. The molecule has 0 saturated carbocycles. The number of hydrogen-bond acceptors (Lipinski definition) is 4. The van der Waals surface area contributed by atoms with E-state index < -0.39 is 0 Å². The van der Waals surface area contributed by atoms with Gasteiger partial charge in [0.1, 0.15) is 5.76 Å². The zero-order chi connectivity index (χ0) is 13.4. The van der Waals surface area contributed by atoms with Crippen LogP contribution in [0, 0.1) is 13.8 Å². The molecule has 3 rings (SSSR count). The molecule has 2 saturated heterocycles. The van der Waals surface area contributed by atoms with Crippen molar-refractivity contribution in [2.24, 2.45) is 0 Å². The number of carbonyl (C=O) groups is 1. The third-order valence-electron chi connectivity index (χ3n) is 4.45. The lowest BCUT2D eigenvalue weighted by atomic mass is 10.1. The van der Waals surface area contributed by atoms with Gasteiger partial charge in [0.05, 0.1) is 12.1 Å². The molecule has 0 aromatic carbocycles. The first-order valence-corrected chi connectivity index (χ1v) is 7.10. The standard InChI is InChI=1S/C14H21N3O2.ClH/c1-9-13(10(2)19-16-9)7-14(18)17-11-3-4-12(17)8-15-6-5-11;/h11-12,15H,3-8H2,1-2H3;1H. The first kappa shape index (κ1) is 15.3. The molecule has 1 N–H and O–H groups in total. The summed E-state index contributed by atoms with van der Waals surface area (Å²) in [4.78, 5) is 14.7.